The molecule has 1 saturated heterocycles. The zero-order valence-corrected chi connectivity index (χ0v) is 41.4. The van der Waals surface area contributed by atoms with E-state index >= 15 is 0 Å². The van der Waals surface area contributed by atoms with Crippen molar-refractivity contribution >= 4 is 46.9 Å². The summed E-state index contributed by atoms with van der Waals surface area (Å²) >= 11 is 0. The number of carbonyl (C=O) groups is 3. The lowest BCUT2D eigenvalue weighted by Crippen LogP contribution is -2.40. The third-order valence-corrected chi connectivity index (χ3v) is 14.5. The van der Waals surface area contributed by atoms with E-state index in [1.165, 1.54) is 30.3 Å². The van der Waals surface area contributed by atoms with Gasteiger partial charge in [0.1, 0.15) is 24.6 Å². The second-order valence-corrected chi connectivity index (χ2v) is 19.1. The number of para-hydroxylation sites is 1. The van der Waals surface area contributed by atoms with Gasteiger partial charge >= 0.3 is 18.4 Å². The number of likely N-dealkylation sites (tertiary alicyclic amines) is 1. The van der Waals surface area contributed by atoms with Gasteiger partial charge in [-0.15, -0.1) is 0 Å². The van der Waals surface area contributed by atoms with E-state index in [9.17, 15) is 27.6 Å². The van der Waals surface area contributed by atoms with Crippen LogP contribution in [-0.2, 0) is 22.2 Å². The molecule has 1 fully saturated rings. The standard InChI is InChI=1S/C61H52F3N7O5/c1-65-57(72)51-22-10-11-23-55(51)68-56-54(61(62,63)64)33-66-58(69-56)67-41-28-24-38(25-29-41)34-71(60(74)76-37-53-49-20-8-4-16-45(49)46-17-5-9-21-50(46)53)42-30-26-39(27-31-42)40-13-12-32-70(35-40)59(73)75-36-52-47-18-6-2-14-43(47)44-15-3-7-19-48(44)52/h2-11,14-31,33,40,52-53H,12-13,32,34-37H2,1H3,(H,65,72)(H2,66,67,68,69). The number of nitrogens with zero attached hydrogens (tertiary/aromatic N) is 4. The van der Waals surface area contributed by atoms with Crippen LogP contribution in [-0.4, -0.2) is 66.3 Å². The quantitative estimate of drug-likeness (QED) is 0.103. The number of fused-ring (bicyclic) bond motifs is 6. The highest BCUT2D eigenvalue weighted by Gasteiger charge is 2.37. The van der Waals surface area contributed by atoms with Crippen LogP contribution in [0.25, 0.3) is 22.3 Å². The summed E-state index contributed by atoms with van der Waals surface area (Å²) in [7, 11) is 1.43. The number of piperidine rings is 1. The molecule has 0 radical (unpaired) electrons. The van der Waals surface area contributed by atoms with E-state index in [-0.39, 0.29) is 60.8 Å². The third-order valence-electron chi connectivity index (χ3n) is 14.5. The fourth-order valence-corrected chi connectivity index (χ4v) is 10.8. The number of halogens is 3. The van der Waals surface area contributed by atoms with Crippen LogP contribution in [0, 0.1) is 0 Å². The second kappa shape index (κ2) is 21.1. The highest BCUT2D eigenvalue weighted by molar-refractivity contribution is 6.00. The van der Waals surface area contributed by atoms with Gasteiger partial charge in [0.2, 0.25) is 5.95 Å². The molecule has 3 amide bonds. The van der Waals surface area contributed by atoms with Gasteiger partial charge in [-0.2, -0.15) is 18.2 Å². The van der Waals surface area contributed by atoms with Crippen LogP contribution in [0.2, 0.25) is 0 Å². The van der Waals surface area contributed by atoms with Crippen molar-refractivity contribution in [3.63, 3.8) is 0 Å². The first-order valence-corrected chi connectivity index (χ1v) is 25.2. The highest BCUT2D eigenvalue weighted by atomic mass is 19.4. The minimum absolute atomic E-state index is 0.0365. The molecular formula is C61H52F3N7O5. The Morgan fingerprint density at radius 3 is 1.80 bits per heavy atom. The molecule has 1 aromatic heterocycles. The first-order chi connectivity index (χ1) is 37.0. The molecule has 1 unspecified atom stereocenters. The molecule has 3 N–H and O–H groups in total. The lowest BCUT2D eigenvalue weighted by Gasteiger charge is -2.33. The second-order valence-electron chi connectivity index (χ2n) is 19.1. The summed E-state index contributed by atoms with van der Waals surface area (Å²) in [5, 5.41) is 8.17. The lowest BCUT2D eigenvalue weighted by molar-refractivity contribution is -0.137. The zero-order chi connectivity index (χ0) is 52.3. The molecule has 3 aliphatic rings. The number of hydrogen-bond acceptors (Lipinski definition) is 9. The predicted molar refractivity (Wildman–Crippen MR) is 286 cm³/mol. The van der Waals surface area contributed by atoms with Gasteiger partial charge in [0.25, 0.3) is 5.91 Å². The molecule has 1 atom stereocenters. The fraction of sp³-hybridized carbons (Fsp3) is 0.197. The number of ether oxygens (including phenoxy) is 2. The van der Waals surface area contributed by atoms with Gasteiger partial charge in [-0.05, 0) is 105 Å². The van der Waals surface area contributed by atoms with Crippen molar-refractivity contribution in [2.24, 2.45) is 0 Å². The molecule has 15 heteroatoms. The van der Waals surface area contributed by atoms with Crippen LogP contribution in [0.4, 0.5) is 51.6 Å². The van der Waals surface area contributed by atoms with E-state index in [2.05, 4.69) is 74.4 Å². The smallest absolute Gasteiger partial charge is 0.421 e. The monoisotopic (exact) mass is 1020 g/mol. The SMILES string of the molecule is CNC(=O)c1ccccc1Nc1nc(Nc2ccc(CN(C(=O)OCC3c4ccccc4-c4ccccc43)c3ccc(C4CCCN(C(=O)OCC5c6ccccc6-c6ccccc65)C4)cc3)cc2)ncc1C(F)(F)F. The molecule has 2 aliphatic carbocycles. The van der Waals surface area contributed by atoms with E-state index < -0.39 is 29.6 Å². The molecule has 1 aliphatic heterocycles. The minimum Gasteiger partial charge on any atom is -0.448 e. The van der Waals surface area contributed by atoms with E-state index in [1.54, 1.807) is 46.2 Å². The van der Waals surface area contributed by atoms with Crippen molar-refractivity contribution in [1.29, 1.82) is 0 Å². The van der Waals surface area contributed by atoms with Gasteiger partial charge in [-0.3, -0.25) is 9.69 Å². The molecule has 0 saturated carbocycles. The Morgan fingerprint density at radius 1 is 0.671 bits per heavy atom. The molecule has 12 nitrogen and oxygen atoms in total. The van der Waals surface area contributed by atoms with Crippen molar-refractivity contribution in [3.05, 3.63) is 221 Å². The normalized spacial score (nSPS) is 14.7. The summed E-state index contributed by atoms with van der Waals surface area (Å²) in [6.45, 7) is 1.57. The van der Waals surface area contributed by atoms with E-state index in [1.807, 2.05) is 72.8 Å². The summed E-state index contributed by atoms with van der Waals surface area (Å²) in [5.41, 5.74) is 11.0. The number of amides is 3. The van der Waals surface area contributed by atoms with E-state index in [0.29, 0.717) is 30.7 Å². The Labute approximate surface area is 437 Å². The molecule has 11 rings (SSSR count). The van der Waals surface area contributed by atoms with Crippen LogP contribution in [0.3, 0.4) is 0 Å². The van der Waals surface area contributed by atoms with Crippen molar-refractivity contribution in [1.82, 2.24) is 20.2 Å². The van der Waals surface area contributed by atoms with Crippen LogP contribution in [0.1, 0.15) is 79.9 Å². The molecule has 382 valence electrons. The first kappa shape index (κ1) is 49.2. The van der Waals surface area contributed by atoms with Crippen molar-refractivity contribution in [2.45, 2.75) is 43.3 Å². The molecule has 0 spiro atoms. The van der Waals surface area contributed by atoms with Crippen LogP contribution in [0.15, 0.2) is 176 Å². The largest absolute Gasteiger partial charge is 0.448 e. The van der Waals surface area contributed by atoms with Crippen molar-refractivity contribution < 1.29 is 37.0 Å². The van der Waals surface area contributed by atoms with E-state index in [4.69, 9.17) is 9.47 Å². The summed E-state index contributed by atoms with van der Waals surface area (Å²) in [4.78, 5) is 52.2. The maximum Gasteiger partial charge on any atom is 0.421 e. The number of nitrogens with one attached hydrogen (secondary N) is 3. The molecular weight excluding hydrogens is 968 g/mol. The Kier molecular flexibility index (Phi) is 13.7. The maximum absolute atomic E-state index is 14.5. The van der Waals surface area contributed by atoms with Crippen LogP contribution >= 0.6 is 0 Å². The number of alkyl halides is 3. The lowest BCUT2D eigenvalue weighted by atomic mass is 9.90. The first-order valence-electron chi connectivity index (χ1n) is 25.2. The van der Waals surface area contributed by atoms with E-state index in [0.717, 1.165) is 57.3 Å². The number of benzene rings is 7. The summed E-state index contributed by atoms with van der Waals surface area (Å²) in [5.74, 6) is -1.31. The zero-order valence-electron chi connectivity index (χ0n) is 41.4. The van der Waals surface area contributed by atoms with Crippen molar-refractivity contribution in [3.8, 4) is 22.3 Å². The van der Waals surface area contributed by atoms with Gasteiger partial charge in [0.05, 0.1) is 17.8 Å². The number of hydrogen-bond donors (Lipinski definition) is 3. The Hall–Kier alpha value is -8.98. The van der Waals surface area contributed by atoms with Gasteiger partial charge in [-0.1, -0.05) is 133 Å². The van der Waals surface area contributed by atoms with Gasteiger partial charge in [0, 0.05) is 55.5 Å². The average Bonchev–Trinajstić information content (AvgIpc) is 4.00. The molecule has 8 aromatic rings. The predicted octanol–water partition coefficient (Wildman–Crippen LogP) is 13.4. The average molecular weight is 1020 g/mol. The highest BCUT2D eigenvalue weighted by Crippen LogP contribution is 2.46. The minimum atomic E-state index is -4.80. The summed E-state index contributed by atoms with van der Waals surface area (Å²) in [6, 6.07) is 53.9. The van der Waals surface area contributed by atoms with Crippen molar-refractivity contribution in [2.75, 3.05) is 48.9 Å². The number of rotatable bonds is 13. The summed E-state index contributed by atoms with van der Waals surface area (Å²) < 4.78 is 54.9. The maximum atomic E-state index is 14.5. The van der Waals surface area contributed by atoms with Gasteiger partial charge < -0.3 is 30.3 Å². The molecule has 7 aromatic carbocycles. The Bertz CT molecular complexity index is 3370. The molecule has 0 bridgehead atoms. The molecule has 2 heterocycles. The number of anilines is 5. The number of carbonyl (C=O) groups excluding carboxylic acids is 3. The molecule has 76 heavy (non-hydrogen) atoms. The topological polar surface area (TPSA) is 138 Å². The summed E-state index contributed by atoms with van der Waals surface area (Å²) in [6.07, 6.45) is -3.31. The van der Waals surface area contributed by atoms with Crippen LogP contribution < -0.4 is 20.9 Å². The van der Waals surface area contributed by atoms with Gasteiger partial charge in [-0.25, -0.2) is 14.6 Å². The van der Waals surface area contributed by atoms with Gasteiger partial charge in [0.15, 0.2) is 0 Å². The number of aromatic nitrogens is 2. The Morgan fingerprint density at radius 2 is 1.22 bits per heavy atom. The third kappa shape index (κ3) is 10.0. The Balaban J connectivity index is 0.804. The fourth-order valence-electron chi connectivity index (χ4n) is 10.8. The van der Waals surface area contributed by atoms with Crippen LogP contribution in [0.5, 0.6) is 0 Å².